The van der Waals surface area contributed by atoms with Crippen LogP contribution in [0.25, 0.3) is 27.5 Å². The lowest BCUT2D eigenvalue weighted by Crippen LogP contribution is -2.03. The second-order valence-electron chi connectivity index (χ2n) is 5.77. The Morgan fingerprint density at radius 3 is 2.42 bits per heavy atom. The molecule has 2 N–H and O–H groups in total. The summed E-state index contributed by atoms with van der Waals surface area (Å²) >= 11 is 1.66. The molecular weight excluding hydrogens is 314 g/mol. The molecule has 0 aliphatic heterocycles. The van der Waals surface area contributed by atoms with Crippen LogP contribution in [0.3, 0.4) is 0 Å². The lowest BCUT2D eigenvalue weighted by Gasteiger charge is -2.06. The fraction of sp³-hybridized carbons (Fsp3) is 0.150. The van der Waals surface area contributed by atoms with Crippen LogP contribution in [0.4, 0.5) is 0 Å². The van der Waals surface area contributed by atoms with Crippen LogP contribution in [0.5, 0.6) is 0 Å². The zero-order valence-corrected chi connectivity index (χ0v) is 14.4. The summed E-state index contributed by atoms with van der Waals surface area (Å²) in [5.74, 6) is 0. The quantitative estimate of drug-likeness (QED) is 0.585. The van der Waals surface area contributed by atoms with Gasteiger partial charge in [0.15, 0.2) is 4.96 Å². The number of aryl methyl sites for hydroxylation is 1. The molecule has 0 amide bonds. The van der Waals surface area contributed by atoms with Crippen molar-refractivity contribution in [3.8, 4) is 22.5 Å². The minimum Gasteiger partial charge on any atom is -0.325 e. The smallest absolute Gasteiger partial charge is 0.195 e. The third-order valence-electron chi connectivity index (χ3n) is 4.36. The van der Waals surface area contributed by atoms with E-state index in [2.05, 4.69) is 53.1 Å². The summed E-state index contributed by atoms with van der Waals surface area (Å²) in [7, 11) is 0. The number of hydrogen-bond acceptors (Lipinski definition) is 3. The Morgan fingerprint density at radius 2 is 1.75 bits per heavy atom. The number of thiazole rings is 1. The molecule has 0 aliphatic carbocycles. The second-order valence-corrected chi connectivity index (χ2v) is 6.60. The van der Waals surface area contributed by atoms with Gasteiger partial charge < -0.3 is 5.73 Å². The average Bonchev–Trinajstić information content (AvgIpc) is 3.21. The van der Waals surface area contributed by atoms with Crippen LogP contribution in [0.1, 0.15) is 18.2 Å². The number of fused-ring (bicyclic) bond motifs is 1. The maximum Gasteiger partial charge on any atom is 0.195 e. The molecule has 0 atom stereocenters. The minimum absolute atomic E-state index is 0.460. The first-order chi connectivity index (χ1) is 11.8. The van der Waals surface area contributed by atoms with Gasteiger partial charge in [-0.05, 0) is 17.5 Å². The van der Waals surface area contributed by atoms with Gasteiger partial charge in [-0.1, -0.05) is 61.5 Å². The zero-order valence-electron chi connectivity index (χ0n) is 13.6. The molecule has 0 fully saturated rings. The Hall–Kier alpha value is -2.43. The highest BCUT2D eigenvalue weighted by atomic mass is 32.1. The molecule has 4 heteroatoms. The molecule has 0 radical (unpaired) electrons. The van der Waals surface area contributed by atoms with E-state index in [0.717, 1.165) is 34.0 Å². The van der Waals surface area contributed by atoms with Gasteiger partial charge in [0.1, 0.15) is 0 Å². The van der Waals surface area contributed by atoms with E-state index < -0.39 is 0 Å². The Bertz CT molecular complexity index is 965. The molecule has 3 nitrogen and oxygen atoms in total. The second kappa shape index (κ2) is 6.23. The SMILES string of the molecule is CCc1ccc(-c2csc3nc(-c4ccccc4)c(CN)n23)cc1. The van der Waals surface area contributed by atoms with Crippen molar-refractivity contribution in [1.29, 1.82) is 0 Å². The van der Waals surface area contributed by atoms with Crippen LogP contribution in [-0.2, 0) is 13.0 Å². The van der Waals surface area contributed by atoms with Gasteiger partial charge in [0, 0.05) is 17.5 Å². The summed E-state index contributed by atoms with van der Waals surface area (Å²) in [6.45, 7) is 2.63. The normalized spacial score (nSPS) is 11.2. The summed E-state index contributed by atoms with van der Waals surface area (Å²) in [4.78, 5) is 5.82. The molecule has 0 saturated heterocycles. The third-order valence-corrected chi connectivity index (χ3v) is 5.18. The number of rotatable bonds is 4. The Labute approximate surface area is 145 Å². The molecule has 2 aromatic carbocycles. The van der Waals surface area contributed by atoms with Crippen molar-refractivity contribution in [1.82, 2.24) is 9.38 Å². The van der Waals surface area contributed by atoms with Gasteiger partial charge in [-0.25, -0.2) is 4.98 Å². The molecule has 2 heterocycles. The van der Waals surface area contributed by atoms with Gasteiger partial charge in [0.05, 0.1) is 17.1 Å². The molecule has 120 valence electrons. The van der Waals surface area contributed by atoms with Crippen LogP contribution in [0, 0.1) is 0 Å². The van der Waals surface area contributed by atoms with E-state index in [1.54, 1.807) is 11.3 Å². The zero-order chi connectivity index (χ0) is 16.5. The van der Waals surface area contributed by atoms with Crippen molar-refractivity contribution in [2.75, 3.05) is 0 Å². The molecule has 2 aromatic heterocycles. The first-order valence-corrected chi connectivity index (χ1v) is 9.03. The van der Waals surface area contributed by atoms with Crippen LogP contribution >= 0.6 is 11.3 Å². The number of hydrogen-bond donors (Lipinski definition) is 1. The number of aromatic nitrogens is 2. The number of nitrogens with zero attached hydrogens (tertiary/aromatic N) is 2. The van der Waals surface area contributed by atoms with Crippen LogP contribution in [0.15, 0.2) is 60.0 Å². The molecule has 0 bridgehead atoms. The summed E-state index contributed by atoms with van der Waals surface area (Å²) in [5.41, 5.74) is 13.0. The van der Waals surface area contributed by atoms with Crippen molar-refractivity contribution in [2.45, 2.75) is 19.9 Å². The Balaban J connectivity index is 1.90. The number of imidazole rings is 1. The van der Waals surface area contributed by atoms with E-state index in [1.165, 1.54) is 11.1 Å². The lowest BCUT2D eigenvalue weighted by molar-refractivity contribution is 0.973. The predicted octanol–water partition coefficient (Wildman–Crippen LogP) is 4.75. The van der Waals surface area contributed by atoms with Gasteiger partial charge in [-0.2, -0.15) is 0 Å². The monoisotopic (exact) mass is 333 g/mol. The summed E-state index contributed by atoms with van der Waals surface area (Å²) in [5, 5.41) is 2.16. The standard InChI is InChI=1S/C20H19N3S/c1-2-14-8-10-15(11-9-14)18-13-24-20-22-19(17(12-21)23(18)20)16-6-4-3-5-7-16/h3-11,13H,2,12,21H2,1H3. The van der Waals surface area contributed by atoms with Crippen LogP contribution in [0.2, 0.25) is 0 Å². The Kier molecular flexibility index (Phi) is 3.92. The highest BCUT2D eigenvalue weighted by Crippen LogP contribution is 2.32. The highest BCUT2D eigenvalue weighted by molar-refractivity contribution is 7.15. The first kappa shape index (κ1) is 15.1. The minimum atomic E-state index is 0.460. The molecule has 24 heavy (non-hydrogen) atoms. The summed E-state index contributed by atoms with van der Waals surface area (Å²) < 4.78 is 2.20. The lowest BCUT2D eigenvalue weighted by atomic mass is 10.1. The van der Waals surface area contributed by atoms with Crippen molar-refractivity contribution >= 4 is 16.3 Å². The number of nitrogens with two attached hydrogens (primary N) is 1. The molecule has 0 saturated carbocycles. The fourth-order valence-corrected chi connectivity index (χ4v) is 3.96. The highest BCUT2D eigenvalue weighted by Gasteiger charge is 2.17. The van der Waals surface area contributed by atoms with Gasteiger partial charge in [-0.15, -0.1) is 11.3 Å². The van der Waals surface area contributed by atoms with Gasteiger partial charge >= 0.3 is 0 Å². The van der Waals surface area contributed by atoms with E-state index in [0.29, 0.717) is 6.54 Å². The number of benzene rings is 2. The Morgan fingerprint density at radius 1 is 1.00 bits per heavy atom. The average molecular weight is 333 g/mol. The van der Waals surface area contributed by atoms with Crippen LogP contribution < -0.4 is 5.73 Å². The van der Waals surface area contributed by atoms with E-state index in [1.807, 2.05) is 18.2 Å². The van der Waals surface area contributed by atoms with E-state index in [-0.39, 0.29) is 0 Å². The molecule has 4 rings (SSSR count). The molecular formula is C20H19N3S. The van der Waals surface area contributed by atoms with Gasteiger partial charge in [0.2, 0.25) is 0 Å². The topological polar surface area (TPSA) is 43.3 Å². The molecule has 0 unspecified atom stereocenters. The van der Waals surface area contributed by atoms with Crippen molar-refractivity contribution in [2.24, 2.45) is 5.73 Å². The molecule has 0 aliphatic rings. The summed E-state index contributed by atoms with van der Waals surface area (Å²) in [6.07, 6.45) is 1.05. The maximum atomic E-state index is 6.09. The largest absolute Gasteiger partial charge is 0.325 e. The van der Waals surface area contributed by atoms with Crippen molar-refractivity contribution in [3.63, 3.8) is 0 Å². The third kappa shape index (κ3) is 2.44. The van der Waals surface area contributed by atoms with E-state index >= 15 is 0 Å². The first-order valence-electron chi connectivity index (χ1n) is 8.15. The fourth-order valence-electron chi connectivity index (χ4n) is 3.04. The van der Waals surface area contributed by atoms with Crippen LogP contribution in [-0.4, -0.2) is 9.38 Å². The molecule has 0 spiro atoms. The summed E-state index contributed by atoms with van der Waals surface area (Å²) in [6, 6.07) is 19.0. The predicted molar refractivity (Wildman–Crippen MR) is 101 cm³/mol. The van der Waals surface area contributed by atoms with Gasteiger partial charge in [0.25, 0.3) is 0 Å². The van der Waals surface area contributed by atoms with Crippen molar-refractivity contribution < 1.29 is 0 Å². The maximum absolute atomic E-state index is 6.09. The van der Waals surface area contributed by atoms with E-state index in [4.69, 9.17) is 10.7 Å². The van der Waals surface area contributed by atoms with E-state index in [9.17, 15) is 0 Å². The van der Waals surface area contributed by atoms with Crippen molar-refractivity contribution in [3.05, 3.63) is 71.2 Å². The van der Waals surface area contributed by atoms with Gasteiger partial charge in [-0.3, -0.25) is 4.40 Å². The molecule has 4 aromatic rings.